The SMILES string of the molecule is Cc1ccc(B(O)OC(C)(C)C(C)(C)O)c2cccnc12. The van der Waals surface area contributed by atoms with Crippen LogP contribution in [0.3, 0.4) is 0 Å². The molecule has 5 heteroatoms. The fraction of sp³-hybridized carbons (Fsp3) is 0.438. The van der Waals surface area contributed by atoms with E-state index in [1.165, 1.54) is 0 Å². The van der Waals surface area contributed by atoms with Crippen LogP contribution in [-0.4, -0.2) is 33.4 Å². The highest BCUT2D eigenvalue weighted by atomic mass is 16.5. The van der Waals surface area contributed by atoms with Crippen LogP contribution in [0.2, 0.25) is 0 Å². The molecule has 0 saturated heterocycles. The minimum atomic E-state index is -1.13. The first kappa shape index (κ1) is 16.0. The van der Waals surface area contributed by atoms with Crippen molar-refractivity contribution in [3.05, 3.63) is 36.0 Å². The lowest BCUT2D eigenvalue weighted by Gasteiger charge is -2.38. The Morgan fingerprint density at radius 2 is 1.81 bits per heavy atom. The second-order valence-electron chi connectivity index (χ2n) is 6.41. The molecule has 2 N–H and O–H groups in total. The Morgan fingerprint density at radius 1 is 1.14 bits per heavy atom. The maximum Gasteiger partial charge on any atom is 0.492 e. The Hall–Kier alpha value is -1.43. The van der Waals surface area contributed by atoms with E-state index >= 15 is 0 Å². The summed E-state index contributed by atoms with van der Waals surface area (Å²) in [6.45, 7) is 8.81. The van der Waals surface area contributed by atoms with Crippen molar-refractivity contribution in [3.63, 3.8) is 0 Å². The molecule has 0 aliphatic rings. The van der Waals surface area contributed by atoms with E-state index in [1.807, 2.05) is 31.2 Å². The van der Waals surface area contributed by atoms with Gasteiger partial charge < -0.3 is 14.8 Å². The Morgan fingerprint density at radius 3 is 2.43 bits per heavy atom. The Bertz CT molecular complexity index is 650. The number of aliphatic hydroxyl groups is 1. The monoisotopic (exact) mass is 287 g/mol. The maximum absolute atomic E-state index is 10.4. The van der Waals surface area contributed by atoms with Crippen LogP contribution in [0.4, 0.5) is 0 Å². The van der Waals surface area contributed by atoms with Gasteiger partial charge in [-0.2, -0.15) is 0 Å². The van der Waals surface area contributed by atoms with Gasteiger partial charge in [-0.3, -0.25) is 4.98 Å². The average Bonchev–Trinajstić information content (AvgIpc) is 2.37. The largest absolute Gasteiger partial charge is 0.492 e. The van der Waals surface area contributed by atoms with Crippen LogP contribution in [0, 0.1) is 6.92 Å². The molecule has 0 aliphatic carbocycles. The van der Waals surface area contributed by atoms with Crippen molar-refractivity contribution < 1.29 is 14.8 Å². The molecule has 0 spiro atoms. The van der Waals surface area contributed by atoms with Crippen molar-refractivity contribution in [1.82, 2.24) is 4.98 Å². The molecule has 1 aromatic carbocycles. The van der Waals surface area contributed by atoms with E-state index in [0.29, 0.717) is 5.46 Å². The third kappa shape index (κ3) is 3.10. The van der Waals surface area contributed by atoms with Gasteiger partial charge in [0, 0.05) is 11.6 Å². The number of pyridine rings is 1. The van der Waals surface area contributed by atoms with Gasteiger partial charge in [-0.1, -0.05) is 18.2 Å². The lowest BCUT2D eigenvalue weighted by atomic mass is 9.74. The third-order valence-corrected chi connectivity index (χ3v) is 4.15. The summed E-state index contributed by atoms with van der Waals surface area (Å²) in [6, 6.07) is 7.49. The van der Waals surface area contributed by atoms with E-state index in [4.69, 9.17) is 4.65 Å². The summed E-state index contributed by atoms with van der Waals surface area (Å²) in [5, 5.41) is 21.5. The highest BCUT2D eigenvalue weighted by Crippen LogP contribution is 2.26. The molecule has 0 fully saturated rings. The summed E-state index contributed by atoms with van der Waals surface area (Å²) in [5.74, 6) is 0. The van der Waals surface area contributed by atoms with E-state index in [2.05, 4.69) is 4.98 Å². The molecule has 0 saturated carbocycles. The summed E-state index contributed by atoms with van der Waals surface area (Å²) < 4.78 is 5.71. The molecular weight excluding hydrogens is 265 g/mol. The molecule has 0 amide bonds. The maximum atomic E-state index is 10.4. The fourth-order valence-electron chi connectivity index (χ4n) is 2.04. The molecule has 2 rings (SSSR count). The Kier molecular flexibility index (Phi) is 4.11. The van der Waals surface area contributed by atoms with Gasteiger partial charge in [-0.25, -0.2) is 0 Å². The molecule has 112 valence electrons. The number of aryl methyl sites for hydroxylation is 1. The molecule has 0 radical (unpaired) electrons. The van der Waals surface area contributed by atoms with Gasteiger partial charge >= 0.3 is 7.12 Å². The van der Waals surface area contributed by atoms with Crippen LogP contribution < -0.4 is 5.46 Å². The minimum absolute atomic E-state index is 0.654. The molecule has 1 aromatic heterocycles. The predicted octanol–water partition coefficient (Wildman–Crippen LogP) is 1.80. The summed E-state index contributed by atoms with van der Waals surface area (Å²) in [4.78, 5) is 4.35. The standard InChI is InChI=1S/C16H22BNO3/c1-11-8-9-13(12-7-6-10-18-14(11)12)17(20)21-16(4,5)15(2,3)19/h6-10,19-20H,1-5H3. The van der Waals surface area contributed by atoms with Gasteiger partial charge in [0.2, 0.25) is 0 Å². The first-order chi connectivity index (χ1) is 9.63. The van der Waals surface area contributed by atoms with Crippen LogP contribution in [0.25, 0.3) is 10.9 Å². The van der Waals surface area contributed by atoms with Crippen molar-refractivity contribution in [1.29, 1.82) is 0 Å². The van der Waals surface area contributed by atoms with Crippen LogP contribution in [0.5, 0.6) is 0 Å². The summed E-state index contributed by atoms with van der Waals surface area (Å²) in [5.41, 5.74) is 0.571. The summed E-state index contributed by atoms with van der Waals surface area (Å²) in [6.07, 6.45) is 1.73. The van der Waals surface area contributed by atoms with Crippen LogP contribution >= 0.6 is 0 Å². The smallest absolute Gasteiger partial charge is 0.423 e. The quantitative estimate of drug-likeness (QED) is 0.842. The van der Waals surface area contributed by atoms with E-state index in [1.54, 1.807) is 33.9 Å². The first-order valence-electron chi connectivity index (χ1n) is 7.06. The number of rotatable bonds is 4. The lowest BCUT2D eigenvalue weighted by Crippen LogP contribution is -2.53. The molecular formula is C16H22BNO3. The molecule has 1 heterocycles. The fourth-order valence-corrected chi connectivity index (χ4v) is 2.04. The predicted molar refractivity (Wildman–Crippen MR) is 85.5 cm³/mol. The van der Waals surface area contributed by atoms with E-state index in [-0.39, 0.29) is 0 Å². The highest BCUT2D eigenvalue weighted by Gasteiger charge is 2.39. The first-order valence-corrected chi connectivity index (χ1v) is 7.06. The molecule has 0 unspecified atom stereocenters. The molecule has 0 bridgehead atoms. The number of hydrogen-bond acceptors (Lipinski definition) is 4. The summed E-state index contributed by atoms with van der Waals surface area (Å²) >= 11 is 0. The second kappa shape index (κ2) is 5.41. The van der Waals surface area contributed by atoms with Gasteiger partial charge in [-0.05, 0) is 51.7 Å². The number of fused-ring (bicyclic) bond motifs is 1. The van der Waals surface area contributed by atoms with Crippen molar-refractivity contribution in [2.75, 3.05) is 0 Å². The Balaban J connectivity index is 2.41. The molecule has 0 atom stereocenters. The topological polar surface area (TPSA) is 62.6 Å². The zero-order chi connectivity index (χ0) is 15.8. The van der Waals surface area contributed by atoms with Gasteiger partial charge in [0.15, 0.2) is 0 Å². The number of benzene rings is 1. The van der Waals surface area contributed by atoms with Gasteiger partial charge in [0.1, 0.15) is 0 Å². The number of aromatic nitrogens is 1. The minimum Gasteiger partial charge on any atom is -0.423 e. The van der Waals surface area contributed by atoms with Gasteiger partial charge in [-0.15, -0.1) is 0 Å². The molecule has 2 aromatic rings. The second-order valence-corrected chi connectivity index (χ2v) is 6.41. The number of hydrogen-bond donors (Lipinski definition) is 2. The normalized spacial score (nSPS) is 12.7. The molecule has 21 heavy (non-hydrogen) atoms. The van der Waals surface area contributed by atoms with Crippen molar-refractivity contribution in [2.24, 2.45) is 0 Å². The highest BCUT2D eigenvalue weighted by molar-refractivity contribution is 6.63. The zero-order valence-corrected chi connectivity index (χ0v) is 13.2. The Labute approximate surface area is 125 Å². The number of nitrogens with zero attached hydrogens (tertiary/aromatic N) is 1. The zero-order valence-electron chi connectivity index (χ0n) is 13.2. The van der Waals surface area contributed by atoms with Gasteiger partial charge in [0.25, 0.3) is 0 Å². The van der Waals surface area contributed by atoms with E-state index in [0.717, 1.165) is 16.5 Å². The lowest BCUT2D eigenvalue weighted by molar-refractivity contribution is -0.0982. The van der Waals surface area contributed by atoms with Crippen molar-refractivity contribution >= 4 is 23.5 Å². The van der Waals surface area contributed by atoms with E-state index < -0.39 is 18.3 Å². The van der Waals surface area contributed by atoms with Crippen LogP contribution in [0.15, 0.2) is 30.5 Å². The average molecular weight is 287 g/mol. The van der Waals surface area contributed by atoms with Gasteiger partial charge in [0.05, 0.1) is 16.7 Å². The van der Waals surface area contributed by atoms with Crippen molar-refractivity contribution in [2.45, 2.75) is 45.8 Å². The van der Waals surface area contributed by atoms with Crippen molar-refractivity contribution in [3.8, 4) is 0 Å². The van der Waals surface area contributed by atoms with E-state index in [9.17, 15) is 10.1 Å². The van der Waals surface area contributed by atoms with Crippen LogP contribution in [-0.2, 0) is 4.65 Å². The third-order valence-electron chi connectivity index (χ3n) is 4.15. The summed E-state index contributed by atoms with van der Waals surface area (Å²) in [7, 11) is -1.13. The molecule has 4 nitrogen and oxygen atoms in total. The van der Waals surface area contributed by atoms with Crippen LogP contribution in [0.1, 0.15) is 33.3 Å². The molecule has 0 aliphatic heterocycles.